The average Bonchev–Trinajstić information content (AvgIpc) is 2.85. The fourth-order valence-corrected chi connectivity index (χ4v) is 4.56. The molecule has 3 rings (SSSR count). The summed E-state index contributed by atoms with van der Waals surface area (Å²) >= 11 is 0. The Balaban J connectivity index is 1.70. The monoisotopic (exact) mass is 484 g/mol. The van der Waals surface area contributed by atoms with Gasteiger partial charge in [-0.15, -0.1) is 0 Å². The molecule has 34 heavy (non-hydrogen) atoms. The number of ether oxygens (including phenoxy) is 3. The molecule has 1 amide bonds. The number of rotatable bonds is 11. The van der Waals surface area contributed by atoms with Crippen molar-refractivity contribution in [2.75, 3.05) is 38.2 Å². The van der Waals surface area contributed by atoms with Crippen LogP contribution in [-0.4, -0.2) is 48.2 Å². The Kier molecular flexibility index (Phi) is 8.37. The minimum absolute atomic E-state index is 0.100. The van der Waals surface area contributed by atoms with Gasteiger partial charge in [0.25, 0.3) is 10.0 Å². The molecule has 0 bridgehead atoms. The van der Waals surface area contributed by atoms with Gasteiger partial charge in [-0.05, 0) is 55.5 Å². The van der Waals surface area contributed by atoms with Crippen LogP contribution in [0.15, 0.2) is 77.7 Å². The highest BCUT2D eigenvalue weighted by Crippen LogP contribution is 2.26. The molecule has 0 radical (unpaired) electrons. The normalized spacial score (nSPS) is 10.9. The van der Waals surface area contributed by atoms with Crippen molar-refractivity contribution in [2.45, 2.75) is 11.8 Å². The van der Waals surface area contributed by atoms with Crippen LogP contribution in [-0.2, 0) is 14.8 Å². The van der Waals surface area contributed by atoms with Crippen molar-refractivity contribution in [3.63, 3.8) is 0 Å². The molecule has 0 aromatic heterocycles. The molecule has 0 saturated heterocycles. The van der Waals surface area contributed by atoms with E-state index in [0.29, 0.717) is 22.9 Å². The number of hydrogen-bond acceptors (Lipinski definition) is 6. The maximum Gasteiger partial charge on any atom is 0.264 e. The SMILES string of the molecule is COc1ccc(N(CC(=O)NCCOc2cccc(OC)c2)S(=O)(=O)c2ccc(C)cc2)cc1. The van der Waals surface area contributed by atoms with Gasteiger partial charge in [0.05, 0.1) is 31.3 Å². The Morgan fingerprint density at radius 1 is 0.882 bits per heavy atom. The van der Waals surface area contributed by atoms with Crippen LogP contribution in [0.4, 0.5) is 5.69 Å². The molecule has 0 aliphatic rings. The lowest BCUT2D eigenvalue weighted by molar-refractivity contribution is -0.119. The number of anilines is 1. The largest absolute Gasteiger partial charge is 0.497 e. The van der Waals surface area contributed by atoms with Gasteiger partial charge in [-0.25, -0.2) is 8.42 Å². The summed E-state index contributed by atoms with van der Waals surface area (Å²) in [5, 5.41) is 2.71. The Morgan fingerprint density at radius 3 is 2.18 bits per heavy atom. The molecule has 3 aromatic rings. The van der Waals surface area contributed by atoms with Crippen molar-refractivity contribution in [2.24, 2.45) is 0 Å². The Hall–Kier alpha value is -3.72. The first-order valence-corrected chi connectivity index (χ1v) is 12.0. The maximum absolute atomic E-state index is 13.4. The summed E-state index contributed by atoms with van der Waals surface area (Å²) in [4.78, 5) is 12.8. The number of hydrogen-bond donors (Lipinski definition) is 1. The number of benzene rings is 3. The van der Waals surface area contributed by atoms with E-state index in [9.17, 15) is 13.2 Å². The fraction of sp³-hybridized carbons (Fsp3) is 0.240. The highest BCUT2D eigenvalue weighted by molar-refractivity contribution is 7.92. The average molecular weight is 485 g/mol. The van der Waals surface area contributed by atoms with Crippen molar-refractivity contribution in [1.82, 2.24) is 5.32 Å². The van der Waals surface area contributed by atoms with Crippen molar-refractivity contribution >= 4 is 21.6 Å². The lowest BCUT2D eigenvalue weighted by Crippen LogP contribution is -2.41. The van der Waals surface area contributed by atoms with E-state index in [-0.39, 0.29) is 24.6 Å². The van der Waals surface area contributed by atoms with Crippen molar-refractivity contribution in [3.05, 3.63) is 78.4 Å². The van der Waals surface area contributed by atoms with Crippen LogP contribution in [0.25, 0.3) is 0 Å². The second kappa shape index (κ2) is 11.4. The second-order valence-corrected chi connectivity index (χ2v) is 9.26. The standard InChI is InChI=1S/C25H28N2O6S/c1-19-7-13-24(14-8-19)34(29,30)27(20-9-11-21(31-2)12-10-20)18-25(28)26-15-16-33-23-6-4-5-22(17-23)32-3/h4-14,17H,15-16,18H2,1-3H3,(H,26,28). The summed E-state index contributed by atoms with van der Waals surface area (Å²) in [5.41, 5.74) is 1.29. The second-order valence-electron chi connectivity index (χ2n) is 7.40. The number of nitrogens with zero attached hydrogens (tertiary/aromatic N) is 1. The third-order valence-electron chi connectivity index (χ3n) is 4.99. The topological polar surface area (TPSA) is 94.2 Å². The van der Waals surface area contributed by atoms with Crippen molar-refractivity contribution in [1.29, 1.82) is 0 Å². The number of aryl methyl sites for hydroxylation is 1. The van der Waals surface area contributed by atoms with Gasteiger partial charge in [-0.2, -0.15) is 0 Å². The van der Waals surface area contributed by atoms with Gasteiger partial charge in [-0.3, -0.25) is 9.10 Å². The number of nitrogens with one attached hydrogen (secondary N) is 1. The predicted octanol–water partition coefficient (Wildman–Crippen LogP) is 3.40. The first-order chi connectivity index (χ1) is 16.3. The molecule has 9 heteroatoms. The molecular formula is C25H28N2O6S. The van der Waals surface area contributed by atoms with E-state index >= 15 is 0 Å². The summed E-state index contributed by atoms with van der Waals surface area (Å²) in [6.07, 6.45) is 0. The van der Waals surface area contributed by atoms with E-state index in [4.69, 9.17) is 14.2 Å². The van der Waals surface area contributed by atoms with Crippen molar-refractivity contribution < 1.29 is 27.4 Å². The fourth-order valence-electron chi connectivity index (χ4n) is 3.14. The van der Waals surface area contributed by atoms with Crippen molar-refractivity contribution in [3.8, 4) is 17.2 Å². The van der Waals surface area contributed by atoms with E-state index in [1.54, 1.807) is 67.8 Å². The Morgan fingerprint density at radius 2 is 1.53 bits per heavy atom. The molecular weight excluding hydrogens is 456 g/mol. The third kappa shape index (κ3) is 6.41. The van der Waals surface area contributed by atoms with Gasteiger partial charge in [0.1, 0.15) is 30.4 Å². The summed E-state index contributed by atoms with van der Waals surface area (Å²) in [5.74, 6) is 1.39. The summed E-state index contributed by atoms with van der Waals surface area (Å²) in [6, 6.07) is 20.1. The smallest absolute Gasteiger partial charge is 0.264 e. The van der Waals surface area contributed by atoms with E-state index in [2.05, 4.69) is 5.32 Å². The van der Waals surface area contributed by atoms with Crippen LogP contribution in [0, 0.1) is 6.92 Å². The first kappa shape index (κ1) is 24.9. The van der Waals surface area contributed by atoms with Crippen LogP contribution >= 0.6 is 0 Å². The number of carbonyl (C=O) groups excluding carboxylic acids is 1. The molecule has 0 aliphatic heterocycles. The zero-order valence-electron chi connectivity index (χ0n) is 19.4. The lowest BCUT2D eigenvalue weighted by atomic mass is 10.2. The highest BCUT2D eigenvalue weighted by Gasteiger charge is 2.27. The number of amides is 1. The Labute approximate surface area is 200 Å². The summed E-state index contributed by atoms with van der Waals surface area (Å²) < 4.78 is 43.8. The molecule has 8 nitrogen and oxygen atoms in total. The van der Waals surface area contributed by atoms with Crippen LogP contribution in [0.2, 0.25) is 0 Å². The van der Waals surface area contributed by atoms with Gasteiger partial charge in [0, 0.05) is 6.07 Å². The molecule has 0 spiro atoms. The predicted molar refractivity (Wildman–Crippen MR) is 130 cm³/mol. The van der Waals surface area contributed by atoms with E-state index < -0.39 is 15.9 Å². The molecule has 1 N–H and O–H groups in total. The molecule has 180 valence electrons. The van der Waals surface area contributed by atoms with Crippen LogP contribution < -0.4 is 23.8 Å². The van der Waals surface area contributed by atoms with Crippen LogP contribution in [0.5, 0.6) is 17.2 Å². The van der Waals surface area contributed by atoms with Gasteiger partial charge in [0.2, 0.25) is 5.91 Å². The molecule has 3 aromatic carbocycles. The maximum atomic E-state index is 13.4. The van der Waals surface area contributed by atoms with Gasteiger partial charge in [0.15, 0.2) is 0 Å². The molecule has 0 aliphatic carbocycles. The van der Waals surface area contributed by atoms with Gasteiger partial charge < -0.3 is 19.5 Å². The first-order valence-electron chi connectivity index (χ1n) is 10.6. The minimum atomic E-state index is -3.98. The molecule has 0 unspecified atom stereocenters. The number of carbonyl (C=O) groups is 1. The van der Waals surface area contributed by atoms with E-state index in [1.807, 2.05) is 6.92 Å². The molecule has 0 saturated carbocycles. The summed E-state index contributed by atoms with van der Waals surface area (Å²) in [7, 11) is -0.888. The number of methoxy groups -OCH3 is 2. The Bertz CT molecular complexity index is 1190. The van der Waals surface area contributed by atoms with Crippen LogP contribution in [0.3, 0.4) is 0 Å². The molecule has 0 atom stereocenters. The summed E-state index contributed by atoms with van der Waals surface area (Å²) in [6.45, 7) is 1.91. The van der Waals surface area contributed by atoms with Gasteiger partial charge >= 0.3 is 0 Å². The van der Waals surface area contributed by atoms with E-state index in [0.717, 1.165) is 9.87 Å². The highest BCUT2D eigenvalue weighted by atomic mass is 32.2. The van der Waals surface area contributed by atoms with Crippen LogP contribution in [0.1, 0.15) is 5.56 Å². The zero-order valence-corrected chi connectivity index (χ0v) is 20.2. The minimum Gasteiger partial charge on any atom is -0.497 e. The van der Waals surface area contributed by atoms with E-state index in [1.165, 1.54) is 19.2 Å². The third-order valence-corrected chi connectivity index (χ3v) is 6.78. The molecule has 0 fully saturated rings. The van der Waals surface area contributed by atoms with Gasteiger partial charge in [-0.1, -0.05) is 23.8 Å². The number of sulfonamides is 1. The zero-order chi connectivity index (χ0) is 24.6. The molecule has 0 heterocycles. The lowest BCUT2D eigenvalue weighted by Gasteiger charge is -2.24. The quantitative estimate of drug-likeness (QED) is 0.419.